The van der Waals surface area contributed by atoms with Crippen molar-refractivity contribution in [3.8, 4) is 0 Å². The maximum Gasteiger partial charge on any atom is 0.148 e. The van der Waals surface area contributed by atoms with Gasteiger partial charge < -0.3 is 21.3 Å². The number of aliphatic hydroxyl groups is 2. The summed E-state index contributed by atoms with van der Waals surface area (Å²) in [4.78, 5) is 0. The molecule has 0 aromatic carbocycles. The number of aliphatic hydroxyl groups excluding tert-OH is 2. The first-order valence-electron chi connectivity index (χ1n) is 5.84. The van der Waals surface area contributed by atoms with Crippen molar-refractivity contribution in [2.45, 2.75) is 32.2 Å². The Hall–Kier alpha value is -1.27. The Morgan fingerprint density at radius 2 is 1.94 bits per heavy atom. The summed E-state index contributed by atoms with van der Waals surface area (Å²) in [6, 6.07) is 0. The molecule has 0 atom stereocenters. The molecule has 6 nitrogen and oxygen atoms in total. The van der Waals surface area contributed by atoms with Crippen LogP contribution in [0.1, 0.15) is 26.0 Å². The molecule has 6 heteroatoms. The van der Waals surface area contributed by atoms with E-state index in [0.717, 1.165) is 12.1 Å². The summed E-state index contributed by atoms with van der Waals surface area (Å²) < 4.78 is 1.64. The number of aryl methyl sites for hydroxylation is 2. The van der Waals surface area contributed by atoms with Crippen molar-refractivity contribution in [2.75, 3.05) is 24.3 Å². The number of nitrogens with two attached hydrogens (primary N) is 1. The molecule has 0 aliphatic heterocycles. The first-order chi connectivity index (χ1) is 8.03. The number of hydrogen-bond acceptors (Lipinski definition) is 5. The lowest BCUT2D eigenvalue weighted by Gasteiger charge is -2.30. The van der Waals surface area contributed by atoms with Crippen molar-refractivity contribution in [2.24, 2.45) is 7.05 Å². The molecule has 0 unspecified atom stereocenters. The van der Waals surface area contributed by atoms with Crippen LogP contribution in [-0.4, -0.2) is 38.7 Å². The average Bonchev–Trinajstić information content (AvgIpc) is 2.62. The fraction of sp³-hybridized carbons (Fsp3) is 0.727. The molecule has 0 bridgehead atoms. The van der Waals surface area contributed by atoms with Crippen LogP contribution in [0.4, 0.5) is 11.5 Å². The predicted molar refractivity (Wildman–Crippen MR) is 67.8 cm³/mol. The van der Waals surface area contributed by atoms with Gasteiger partial charge in [0.05, 0.1) is 30.1 Å². The summed E-state index contributed by atoms with van der Waals surface area (Å²) in [7, 11) is 1.78. The monoisotopic (exact) mass is 242 g/mol. The van der Waals surface area contributed by atoms with Crippen molar-refractivity contribution in [1.29, 1.82) is 0 Å². The fourth-order valence-corrected chi connectivity index (χ4v) is 1.70. The molecule has 1 rings (SSSR count). The molecule has 0 saturated carbocycles. The summed E-state index contributed by atoms with van der Waals surface area (Å²) in [6.07, 6.45) is 1.34. The number of rotatable bonds is 6. The van der Waals surface area contributed by atoms with Crippen LogP contribution in [0.15, 0.2) is 0 Å². The second-order valence-electron chi connectivity index (χ2n) is 4.26. The maximum atomic E-state index is 9.39. The molecule has 17 heavy (non-hydrogen) atoms. The molecule has 1 aromatic heterocycles. The summed E-state index contributed by atoms with van der Waals surface area (Å²) in [5.74, 6) is 0.645. The van der Waals surface area contributed by atoms with E-state index in [1.165, 1.54) is 0 Å². The lowest BCUT2D eigenvalue weighted by molar-refractivity contribution is 0.132. The van der Waals surface area contributed by atoms with E-state index in [4.69, 9.17) is 5.73 Å². The zero-order chi connectivity index (χ0) is 13.1. The van der Waals surface area contributed by atoms with E-state index < -0.39 is 5.54 Å². The van der Waals surface area contributed by atoms with Crippen molar-refractivity contribution >= 4 is 11.5 Å². The molecule has 0 amide bonds. The van der Waals surface area contributed by atoms with Gasteiger partial charge in [-0.2, -0.15) is 5.10 Å². The highest BCUT2D eigenvalue weighted by atomic mass is 16.3. The normalized spacial score (nSPS) is 11.8. The minimum absolute atomic E-state index is 0.161. The lowest BCUT2D eigenvalue weighted by atomic mass is 9.98. The molecular weight excluding hydrogens is 220 g/mol. The molecule has 5 N–H and O–H groups in total. The molecule has 0 fully saturated rings. The fourth-order valence-electron chi connectivity index (χ4n) is 1.70. The maximum absolute atomic E-state index is 9.39. The minimum atomic E-state index is -0.757. The van der Waals surface area contributed by atoms with Gasteiger partial charge in [-0.05, 0) is 12.8 Å². The molecule has 98 valence electrons. The first kappa shape index (κ1) is 13.8. The van der Waals surface area contributed by atoms with Crippen molar-refractivity contribution in [1.82, 2.24) is 9.78 Å². The molecule has 0 spiro atoms. The van der Waals surface area contributed by atoms with Crippen LogP contribution in [0.3, 0.4) is 0 Å². The van der Waals surface area contributed by atoms with Crippen molar-refractivity contribution < 1.29 is 10.2 Å². The second kappa shape index (κ2) is 5.37. The summed E-state index contributed by atoms with van der Waals surface area (Å²) in [6.45, 7) is 3.55. The Morgan fingerprint density at radius 3 is 2.29 bits per heavy atom. The van der Waals surface area contributed by atoms with Gasteiger partial charge in [-0.3, -0.25) is 4.68 Å². The number of nitrogen functional groups attached to an aromatic ring is 1. The van der Waals surface area contributed by atoms with Gasteiger partial charge in [0.15, 0.2) is 0 Å². The standard InChI is InChI=1S/C11H22N4O2/c1-4-8-9(12)10(15(3)14-8)13-11(5-2,6-16)7-17/h13,16-17H,4-7,12H2,1-3H3. The Bertz CT molecular complexity index is 364. The molecular formula is C11H22N4O2. The van der Waals surface area contributed by atoms with E-state index in [0.29, 0.717) is 17.9 Å². The summed E-state index contributed by atoms with van der Waals surface area (Å²) in [5, 5.41) is 26.2. The van der Waals surface area contributed by atoms with Crippen LogP contribution in [0.25, 0.3) is 0 Å². The molecule has 0 radical (unpaired) electrons. The number of nitrogens with zero attached hydrogens (tertiary/aromatic N) is 2. The number of anilines is 2. The quantitative estimate of drug-likeness (QED) is 0.568. The highest BCUT2D eigenvalue weighted by Crippen LogP contribution is 2.26. The third kappa shape index (κ3) is 2.53. The number of nitrogens with one attached hydrogen (secondary N) is 1. The van der Waals surface area contributed by atoms with Gasteiger partial charge in [-0.1, -0.05) is 13.8 Å². The summed E-state index contributed by atoms with van der Waals surface area (Å²) in [5.41, 5.74) is 6.61. The van der Waals surface area contributed by atoms with Crippen LogP contribution < -0.4 is 11.1 Å². The largest absolute Gasteiger partial charge is 0.394 e. The summed E-state index contributed by atoms with van der Waals surface area (Å²) >= 11 is 0. The van der Waals surface area contributed by atoms with Crippen LogP contribution in [0.5, 0.6) is 0 Å². The van der Waals surface area contributed by atoms with Gasteiger partial charge >= 0.3 is 0 Å². The Labute approximate surface area is 101 Å². The van der Waals surface area contributed by atoms with Crippen molar-refractivity contribution in [3.63, 3.8) is 0 Å². The van der Waals surface area contributed by atoms with Gasteiger partial charge in [0, 0.05) is 7.05 Å². The lowest BCUT2D eigenvalue weighted by Crippen LogP contribution is -2.45. The van der Waals surface area contributed by atoms with Crippen LogP contribution in [-0.2, 0) is 13.5 Å². The Balaban J connectivity index is 3.05. The van der Waals surface area contributed by atoms with Crippen molar-refractivity contribution in [3.05, 3.63) is 5.69 Å². The smallest absolute Gasteiger partial charge is 0.148 e. The molecule has 0 aliphatic carbocycles. The first-order valence-corrected chi connectivity index (χ1v) is 5.84. The SMILES string of the molecule is CCc1nn(C)c(NC(CC)(CO)CO)c1N. The molecule has 0 saturated heterocycles. The van der Waals surface area contributed by atoms with E-state index in [1.54, 1.807) is 11.7 Å². The Morgan fingerprint density at radius 1 is 1.35 bits per heavy atom. The highest BCUT2D eigenvalue weighted by molar-refractivity contribution is 5.66. The molecule has 1 heterocycles. The zero-order valence-electron chi connectivity index (χ0n) is 10.7. The number of aromatic nitrogens is 2. The van der Waals surface area contributed by atoms with Gasteiger partial charge in [0.1, 0.15) is 5.82 Å². The topological polar surface area (TPSA) is 96.3 Å². The van der Waals surface area contributed by atoms with E-state index >= 15 is 0 Å². The van der Waals surface area contributed by atoms with Gasteiger partial charge in [-0.15, -0.1) is 0 Å². The third-order valence-corrected chi connectivity index (χ3v) is 3.16. The van der Waals surface area contributed by atoms with E-state index in [9.17, 15) is 10.2 Å². The molecule has 1 aromatic rings. The van der Waals surface area contributed by atoms with Gasteiger partial charge in [0.2, 0.25) is 0 Å². The van der Waals surface area contributed by atoms with Crippen LogP contribution in [0, 0.1) is 0 Å². The third-order valence-electron chi connectivity index (χ3n) is 3.16. The predicted octanol–water partition coefficient (Wildman–Crippen LogP) is 0.110. The van der Waals surface area contributed by atoms with E-state index in [1.807, 2.05) is 13.8 Å². The van der Waals surface area contributed by atoms with Gasteiger partial charge in [0.25, 0.3) is 0 Å². The second-order valence-corrected chi connectivity index (χ2v) is 4.26. The number of hydrogen-bond donors (Lipinski definition) is 4. The highest BCUT2D eigenvalue weighted by Gasteiger charge is 2.28. The molecule has 0 aliphatic rings. The van der Waals surface area contributed by atoms with Crippen LogP contribution >= 0.6 is 0 Å². The van der Waals surface area contributed by atoms with E-state index in [2.05, 4.69) is 10.4 Å². The average molecular weight is 242 g/mol. The minimum Gasteiger partial charge on any atom is -0.394 e. The van der Waals surface area contributed by atoms with Crippen LogP contribution in [0.2, 0.25) is 0 Å². The zero-order valence-corrected chi connectivity index (χ0v) is 10.7. The Kier molecular flexibility index (Phi) is 4.36. The van der Waals surface area contributed by atoms with Gasteiger partial charge in [-0.25, -0.2) is 0 Å². The van der Waals surface area contributed by atoms with E-state index in [-0.39, 0.29) is 13.2 Å².